The van der Waals surface area contributed by atoms with E-state index < -0.39 is 42.1 Å². The molecule has 9 heteroatoms. The van der Waals surface area contributed by atoms with Gasteiger partial charge in [0.1, 0.15) is 30.2 Å². The Kier molecular flexibility index (Phi) is 15.3. The van der Waals surface area contributed by atoms with Crippen LogP contribution >= 0.6 is 11.8 Å². The smallest absolute Gasteiger partial charge is 0.222 e. The van der Waals surface area contributed by atoms with E-state index >= 15 is 4.39 Å². The first kappa shape index (κ1) is 37.3. The Morgan fingerprint density at radius 2 is 1.50 bits per heavy atom. The first-order valence-electron chi connectivity index (χ1n) is 17.4. The monoisotopic (exact) mass is 662 g/mol. The van der Waals surface area contributed by atoms with Crippen molar-refractivity contribution in [2.75, 3.05) is 33.0 Å². The second-order valence-electron chi connectivity index (χ2n) is 12.5. The van der Waals surface area contributed by atoms with Crippen molar-refractivity contribution in [1.29, 1.82) is 0 Å². The lowest BCUT2D eigenvalue weighted by Gasteiger charge is -2.50. The summed E-state index contributed by atoms with van der Waals surface area (Å²) in [5.74, 6) is -2.55. The van der Waals surface area contributed by atoms with Gasteiger partial charge in [-0.2, -0.15) is 0 Å². The molecule has 258 valence electrons. The molecule has 4 rings (SSSR count). The Labute approximate surface area is 279 Å². The molecule has 0 radical (unpaired) electrons. The summed E-state index contributed by atoms with van der Waals surface area (Å²) in [6, 6.07) is 12.4. The minimum Gasteiger partial charge on any atom is -0.387 e. The lowest BCUT2D eigenvalue weighted by molar-refractivity contribution is -0.375. The first-order chi connectivity index (χ1) is 22.4. The number of benzene rings is 2. The van der Waals surface area contributed by atoms with Crippen LogP contribution in [0.15, 0.2) is 47.4 Å². The molecule has 0 spiro atoms. The normalized spacial score (nSPS) is 26.7. The third kappa shape index (κ3) is 9.32. The number of hydrogen-bond acceptors (Lipinski definition) is 8. The van der Waals surface area contributed by atoms with Crippen LogP contribution in [0.4, 0.5) is 4.39 Å². The molecular formula is C37H55FO7S. The van der Waals surface area contributed by atoms with Gasteiger partial charge in [-0.15, -0.1) is 11.8 Å². The van der Waals surface area contributed by atoms with Crippen molar-refractivity contribution in [3.63, 3.8) is 0 Å². The number of unbranched alkanes of at least 4 members (excludes halogenated alkanes) is 4. The SMILES string of the molecule is CCCCOCC1OC(O)(c2ccc(F)c(C(O)C3Cc4ccccc4S3)c2)C(OCCCC)C(OCCCC)C1OCCCC. The van der Waals surface area contributed by atoms with Crippen LogP contribution in [-0.4, -0.2) is 72.9 Å². The lowest BCUT2D eigenvalue weighted by atomic mass is 9.86. The van der Waals surface area contributed by atoms with Crippen molar-refractivity contribution in [2.45, 2.75) is 132 Å². The number of rotatable bonds is 20. The molecule has 7 atom stereocenters. The minimum atomic E-state index is -2.01. The average molecular weight is 663 g/mol. The first-order valence-corrected chi connectivity index (χ1v) is 18.3. The van der Waals surface area contributed by atoms with Crippen LogP contribution in [0.3, 0.4) is 0 Å². The van der Waals surface area contributed by atoms with Gasteiger partial charge in [0.05, 0.1) is 12.7 Å². The second-order valence-corrected chi connectivity index (χ2v) is 13.7. The second kappa shape index (κ2) is 18.8. The Morgan fingerprint density at radius 3 is 2.17 bits per heavy atom. The summed E-state index contributed by atoms with van der Waals surface area (Å²) in [6.45, 7) is 10.5. The summed E-state index contributed by atoms with van der Waals surface area (Å²) in [5, 5.41) is 23.9. The van der Waals surface area contributed by atoms with Crippen LogP contribution in [0.5, 0.6) is 0 Å². The van der Waals surface area contributed by atoms with E-state index in [4.69, 9.17) is 23.7 Å². The third-order valence-corrected chi connectivity index (χ3v) is 10.2. The van der Waals surface area contributed by atoms with Crippen LogP contribution in [0.1, 0.15) is 102 Å². The topological polar surface area (TPSA) is 86.6 Å². The van der Waals surface area contributed by atoms with Gasteiger partial charge >= 0.3 is 0 Å². The highest BCUT2D eigenvalue weighted by Crippen LogP contribution is 2.45. The molecule has 2 aliphatic rings. The molecule has 2 heterocycles. The zero-order chi connectivity index (χ0) is 32.9. The van der Waals surface area contributed by atoms with Crippen molar-refractivity contribution in [1.82, 2.24) is 0 Å². The van der Waals surface area contributed by atoms with Crippen LogP contribution in [0, 0.1) is 5.82 Å². The predicted molar refractivity (Wildman–Crippen MR) is 180 cm³/mol. The molecule has 2 aromatic rings. The summed E-state index contributed by atoms with van der Waals surface area (Å²) >= 11 is 1.55. The van der Waals surface area contributed by atoms with E-state index in [1.807, 2.05) is 24.3 Å². The Bertz CT molecular complexity index is 1160. The van der Waals surface area contributed by atoms with E-state index in [-0.39, 0.29) is 17.4 Å². The number of aliphatic hydroxyl groups is 2. The minimum absolute atomic E-state index is 0.118. The van der Waals surface area contributed by atoms with Crippen molar-refractivity contribution in [3.05, 3.63) is 65.0 Å². The number of ether oxygens (including phenoxy) is 5. The molecule has 2 aliphatic heterocycles. The fourth-order valence-corrected chi connectivity index (χ4v) is 7.36. The van der Waals surface area contributed by atoms with Gasteiger partial charge in [-0.1, -0.05) is 77.6 Å². The highest BCUT2D eigenvalue weighted by Gasteiger charge is 2.57. The Balaban J connectivity index is 1.71. The zero-order valence-electron chi connectivity index (χ0n) is 28.1. The van der Waals surface area contributed by atoms with Gasteiger partial charge in [-0.05, 0) is 55.9 Å². The molecule has 1 saturated heterocycles. The predicted octanol–water partition coefficient (Wildman–Crippen LogP) is 7.49. The van der Waals surface area contributed by atoms with E-state index in [9.17, 15) is 10.2 Å². The third-order valence-electron chi connectivity index (χ3n) is 8.79. The highest BCUT2D eigenvalue weighted by molar-refractivity contribution is 8.00. The van der Waals surface area contributed by atoms with E-state index in [0.717, 1.165) is 61.8 Å². The fourth-order valence-electron chi connectivity index (χ4n) is 6.03. The molecule has 7 nitrogen and oxygen atoms in total. The van der Waals surface area contributed by atoms with E-state index in [2.05, 4.69) is 27.7 Å². The van der Waals surface area contributed by atoms with E-state index in [0.29, 0.717) is 38.4 Å². The van der Waals surface area contributed by atoms with Crippen molar-refractivity contribution >= 4 is 11.8 Å². The largest absolute Gasteiger partial charge is 0.387 e. The average Bonchev–Trinajstić information content (AvgIpc) is 3.50. The summed E-state index contributed by atoms with van der Waals surface area (Å²) < 4.78 is 47.6. The molecule has 0 amide bonds. The van der Waals surface area contributed by atoms with Gasteiger partial charge in [0.2, 0.25) is 5.79 Å². The zero-order valence-corrected chi connectivity index (χ0v) is 28.9. The quantitative estimate of drug-likeness (QED) is 0.141. The standard InChI is InChI=1S/C37H55FO7S/c1-5-9-19-41-25-30-34(42-20-10-6-2)35(43-21-11-7-3)36(44-22-12-8-4)37(40,45-30)27-17-18-29(38)28(24-27)33(39)32-23-26-15-13-14-16-31(26)46-32/h13-18,24,30,32-36,39-40H,5-12,19-23,25H2,1-4H3. The van der Waals surface area contributed by atoms with Gasteiger partial charge < -0.3 is 33.9 Å². The van der Waals surface area contributed by atoms with Crippen LogP contribution in [0.2, 0.25) is 0 Å². The number of hydrogen-bond donors (Lipinski definition) is 2. The molecule has 0 saturated carbocycles. The van der Waals surface area contributed by atoms with Gasteiger partial charge in [0.25, 0.3) is 0 Å². The molecule has 0 aromatic heterocycles. The summed E-state index contributed by atoms with van der Waals surface area (Å²) in [7, 11) is 0. The van der Waals surface area contributed by atoms with Crippen LogP contribution < -0.4 is 0 Å². The maximum Gasteiger partial charge on any atom is 0.222 e. The Morgan fingerprint density at radius 1 is 0.870 bits per heavy atom. The van der Waals surface area contributed by atoms with E-state index in [1.165, 1.54) is 18.2 Å². The molecule has 0 aliphatic carbocycles. The van der Waals surface area contributed by atoms with Crippen LogP contribution in [0.25, 0.3) is 0 Å². The molecule has 2 aromatic carbocycles. The molecular weight excluding hydrogens is 607 g/mol. The van der Waals surface area contributed by atoms with Gasteiger partial charge in [0.15, 0.2) is 0 Å². The fraction of sp³-hybridized carbons (Fsp3) is 0.676. The number of fused-ring (bicyclic) bond motifs is 1. The summed E-state index contributed by atoms with van der Waals surface area (Å²) in [5.41, 5.74) is 1.56. The number of aliphatic hydroxyl groups excluding tert-OH is 1. The highest BCUT2D eigenvalue weighted by atomic mass is 32.2. The lowest BCUT2D eigenvalue weighted by Crippen LogP contribution is -2.66. The number of thioether (sulfide) groups is 1. The van der Waals surface area contributed by atoms with Crippen molar-refractivity contribution < 1.29 is 38.3 Å². The number of halogens is 1. The Hall–Kier alpha value is -1.56. The summed E-state index contributed by atoms with van der Waals surface area (Å²) in [4.78, 5) is 1.09. The van der Waals surface area contributed by atoms with Crippen molar-refractivity contribution in [2.24, 2.45) is 0 Å². The molecule has 0 bridgehead atoms. The molecule has 46 heavy (non-hydrogen) atoms. The van der Waals surface area contributed by atoms with E-state index in [1.54, 1.807) is 11.8 Å². The van der Waals surface area contributed by atoms with Crippen LogP contribution in [-0.2, 0) is 35.9 Å². The molecule has 2 N–H and O–H groups in total. The van der Waals surface area contributed by atoms with Crippen molar-refractivity contribution in [3.8, 4) is 0 Å². The molecule has 7 unspecified atom stereocenters. The van der Waals surface area contributed by atoms with Gasteiger partial charge in [-0.3, -0.25) is 0 Å². The molecule has 1 fully saturated rings. The van der Waals surface area contributed by atoms with Gasteiger partial charge in [0, 0.05) is 47.7 Å². The maximum absolute atomic E-state index is 15.5. The maximum atomic E-state index is 15.5. The van der Waals surface area contributed by atoms with Gasteiger partial charge in [-0.25, -0.2) is 4.39 Å². The summed E-state index contributed by atoms with van der Waals surface area (Å²) in [6.07, 6.45) is 3.89.